The van der Waals surface area contributed by atoms with Gasteiger partial charge in [-0.2, -0.15) is 0 Å². The Morgan fingerprint density at radius 3 is 1.68 bits per heavy atom. The van der Waals surface area contributed by atoms with Crippen LogP contribution in [0.5, 0.6) is 0 Å². The van der Waals surface area contributed by atoms with Gasteiger partial charge in [-0.25, -0.2) is 6.57 Å². The predicted octanol–water partition coefficient (Wildman–Crippen LogP) is 4.74. The second-order valence-electron chi connectivity index (χ2n) is 4.43. The molecule has 1 aliphatic carbocycles. The maximum Gasteiger partial charge on any atom is 0.359 e. The molecule has 2 N–H and O–H groups in total. The smallest absolute Gasteiger partial charge is 0.309 e. The van der Waals surface area contributed by atoms with Crippen molar-refractivity contribution in [3.63, 3.8) is 0 Å². The van der Waals surface area contributed by atoms with E-state index < -0.39 is 5.66 Å². The average molecular weight is 296 g/mol. The van der Waals surface area contributed by atoms with Gasteiger partial charge in [-0.1, -0.05) is 64.1 Å². The molecule has 0 atom stereocenters. The van der Waals surface area contributed by atoms with Crippen molar-refractivity contribution < 1.29 is 5.21 Å². The molecule has 3 nitrogen and oxygen atoms in total. The van der Waals surface area contributed by atoms with Gasteiger partial charge in [-0.3, -0.25) is 4.85 Å². The fraction of sp³-hybridized carbons (Fsp3) is 0.316. The maximum atomic E-state index is 9.57. The molecule has 0 bridgehead atoms. The molecule has 2 aromatic carbocycles. The van der Waals surface area contributed by atoms with E-state index in [9.17, 15) is 5.21 Å². The molecule has 3 heteroatoms. The zero-order valence-electron chi connectivity index (χ0n) is 13.7. The van der Waals surface area contributed by atoms with Gasteiger partial charge in [0.2, 0.25) is 0 Å². The summed E-state index contributed by atoms with van der Waals surface area (Å²) in [5.74, 6) is 0. The molecular weight excluding hydrogens is 272 g/mol. The summed E-state index contributed by atoms with van der Waals surface area (Å²) < 4.78 is 0. The molecular formula is C19H24N2O. The van der Waals surface area contributed by atoms with Crippen LogP contribution in [0.25, 0.3) is 4.85 Å². The van der Waals surface area contributed by atoms with Gasteiger partial charge in [-0.15, -0.1) is 5.48 Å². The molecule has 116 valence electrons. The summed E-state index contributed by atoms with van der Waals surface area (Å²) in [5, 5.41) is 9.57. The molecule has 0 fully saturated rings. The van der Waals surface area contributed by atoms with E-state index in [2.05, 4.69) is 10.3 Å². The lowest BCUT2D eigenvalue weighted by Gasteiger charge is -2.29. The van der Waals surface area contributed by atoms with E-state index in [1.54, 1.807) is 0 Å². The number of hydrogen-bond donors (Lipinski definition) is 2. The first kappa shape index (κ1) is 17.9. The van der Waals surface area contributed by atoms with E-state index in [0.717, 1.165) is 28.7 Å². The Morgan fingerprint density at radius 2 is 1.32 bits per heavy atom. The lowest BCUT2D eigenvalue weighted by molar-refractivity contribution is 0.104. The summed E-state index contributed by atoms with van der Waals surface area (Å²) in [6.45, 7) is 15.5. The van der Waals surface area contributed by atoms with E-state index in [0.29, 0.717) is 0 Å². The molecule has 3 rings (SSSR count). The number of fused-ring (bicyclic) bond motifs is 2. The second kappa shape index (κ2) is 8.33. The molecule has 0 unspecified atom stereocenters. The molecule has 0 saturated carbocycles. The van der Waals surface area contributed by atoms with Crippen LogP contribution in [0.4, 0.5) is 0 Å². The third-order valence-corrected chi connectivity index (χ3v) is 3.52. The molecule has 0 heterocycles. The second-order valence-corrected chi connectivity index (χ2v) is 4.43. The molecule has 0 amide bonds. The van der Waals surface area contributed by atoms with Crippen molar-refractivity contribution >= 4 is 0 Å². The Kier molecular flexibility index (Phi) is 6.78. The molecule has 0 aliphatic heterocycles. The van der Waals surface area contributed by atoms with Gasteiger partial charge in [0.15, 0.2) is 0 Å². The van der Waals surface area contributed by atoms with Gasteiger partial charge in [0.05, 0.1) is 11.1 Å². The summed E-state index contributed by atoms with van der Waals surface area (Å²) >= 11 is 0. The van der Waals surface area contributed by atoms with Gasteiger partial charge in [0.25, 0.3) is 0 Å². The molecule has 0 saturated heterocycles. The molecule has 22 heavy (non-hydrogen) atoms. The highest BCUT2D eigenvalue weighted by Gasteiger charge is 2.46. The Bertz CT molecular complexity index is 598. The third-order valence-electron chi connectivity index (χ3n) is 3.52. The zero-order chi connectivity index (χ0) is 16.6. The van der Waals surface area contributed by atoms with E-state index >= 15 is 0 Å². The Labute approximate surface area is 133 Å². The first-order chi connectivity index (χ1) is 10.8. The standard InChI is InChI=1S/C15H12N2O.2C2H6/c1-16-15(17-18)13-8-4-2-6-11(13)10-12-7-3-5-9-14(12)15;2*1-2/h2-9,17-18H,10H2;2*1-2H3. The SMILES string of the molecule is CC.CC.[C-]#[N+]C1(NO)c2ccccc2Cc2ccccc21. The summed E-state index contributed by atoms with van der Waals surface area (Å²) in [7, 11) is 0. The van der Waals surface area contributed by atoms with E-state index in [-0.39, 0.29) is 0 Å². The first-order valence-electron chi connectivity index (χ1n) is 7.78. The number of benzene rings is 2. The van der Waals surface area contributed by atoms with Crippen molar-refractivity contribution in [2.75, 3.05) is 0 Å². The highest BCUT2D eigenvalue weighted by atomic mass is 16.5. The maximum absolute atomic E-state index is 9.57. The van der Waals surface area contributed by atoms with Crippen LogP contribution in [0.1, 0.15) is 49.9 Å². The lowest BCUT2D eigenvalue weighted by Crippen LogP contribution is -2.42. The van der Waals surface area contributed by atoms with Crippen LogP contribution < -0.4 is 5.48 Å². The van der Waals surface area contributed by atoms with Crippen LogP contribution in [0.2, 0.25) is 0 Å². The van der Waals surface area contributed by atoms with Gasteiger partial charge in [0.1, 0.15) is 0 Å². The predicted molar refractivity (Wildman–Crippen MR) is 90.7 cm³/mol. The minimum atomic E-state index is -1.18. The van der Waals surface area contributed by atoms with Crippen molar-refractivity contribution in [1.82, 2.24) is 5.48 Å². The van der Waals surface area contributed by atoms with Crippen LogP contribution in [-0.4, -0.2) is 5.21 Å². The third kappa shape index (κ3) is 2.89. The van der Waals surface area contributed by atoms with E-state index in [1.807, 2.05) is 76.2 Å². The molecule has 1 aliphatic rings. The van der Waals surface area contributed by atoms with Crippen LogP contribution in [-0.2, 0) is 12.1 Å². The van der Waals surface area contributed by atoms with Crippen molar-refractivity contribution in [2.45, 2.75) is 39.8 Å². The van der Waals surface area contributed by atoms with Gasteiger partial charge < -0.3 is 5.21 Å². The first-order valence-corrected chi connectivity index (χ1v) is 7.78. The van der Waals surface area contributed by atoms with E-state index in [4.69, 9.17) is 6.57 Å². The van der Waals surface area contributed by atoms with Crippen LogP contribution >= 0.6 is 0 Å². The minimum absolute atomic E-state index is 0.797. The summed E-state index contributed by atoms with van der Waals surface area (Å²) in [6, 6.07) is 15.5. The number of hydrogen-bond acceptors (Lipinski definition) is 2. The largest absolute Gasteiger partial charge is 0.359 e. The highest BCUT2D eigenvalue weighted by Crippen LogP contribution is 2.40. The van der Waals surface area contributed by atoms with Gasteiger partial charge >= 0.3 is 5.66 Å². The molecule has 0 aromatic heterocycles. The molecule has 0 radical (unpaired) electrons. The fourth-order valence-corrected chi connectivity index (χ4v) is 2.67. The summed E-state index contributed by atoms with van der Waals surface area (Å²) in [4.78, 5) is 3.67. The number of rotatable bonds is 1. The fourth-order valence-electron chi connectivity index (χ4n) is 2.67. The van der Waals surface area contributed by atoms with Gasteiger partial charge in [-0.05, 0) is 29.7 Å². The zero-order valence-corrected chi connectivity index (χ0v) is 13.7. The van der Waals surface area contributed by atoms with Crippen LogP contribution in [0.3, 0.4) is 0 Å². The Morgan fingerprint density at radius 1 is 0.909 bits per heavy atom. The summed E-state index contributed by atoms with van der Waals surface area (Å²) in [5.41, 5.74) is 4.87. The monoisotopic (exact) mass is 296 g/mol. The normalized spacial score (nSPS) is 13.1. The number of hydroxylamine groups is 1. The van der Waals surface area contributed by atoms with Gasteiger partial charge in [0, 0.05) is 0 Å². The van der Waals surface area contributed by atoms with Crippen molar-refractivity contribution in [3.05, 3.63) is 82.2 Å². The quantitative estimate of drug-likeness (QED) is 0.589. The molecule has 2 aromatic rings. The molecule has 0 spiro atoms. The Hall–Kier alpha value is -2.15. The number of nitrogens with one attached hydrogen (secondary N) is 1. The van der Waals surface area contributed by atoms with Crippen LogP contribution in [0.15, 0.2) is 48.5 Å². The van der Waals surface area contributed by atoms with Crippen molar-refractivity contribution in [1.29, 1.82) is 0 Å². The summed E-state index contributed by atoms with van der Waals surface area (Å²) in [6.07, 6.45) is 0.797. The van der Waals surface area contributed by atoms with Crippen LogP contribution in [0, 0.1) is 6.57 Å². The topological polar surface area (TPSA) is 36.6 Å². The van der Waals surface area contributed by atoms with Crippen molar-refractivity contribution in [3.8, 4) is 0 Å². The Balaban J connectivity index is 0.000000561. The number of nitrogens with zero attached hydrogens (tertiary/aromatic N) is 1. The van der Waals surface area contributed by atoms with Crippen molar-refractivity contribution in [2.24, 2.45) is 0 Å². The minimum Gasteiger partial charge on any atom is -0.309 e. The van der Waals surface area contributed by atoms with E-state index in [1.165, 1.54) is 0 Å². The lowest BCUT2D eigenvalue weighted by atomic mass is 9.78. The highest BCUT2D eigenvalue weighted by molar-refractivity contribution is 5.54. The average Bonchev–Trinajstić information content (AvgIpc) is 2.63.